The predicted octanol–water partition coefficient (Wildman–Crippen LogP) is 5.32. The first-order valence-electron chi connectivity index (χ1n) is 14.3. The Kier molecular flexibility index (Phi) is 4.72. The molecule has 1 spiro atoms. The fourth-order valence-electron chi connectivity index (χ4n) is 12.2. The molecule has 11 unspecified atom stereocenters. The summed E-state index contributed by atoms with van der Waals surface area (Å²) in [5.74, 6) is 1.33. The zero-order valence-electron chi connectivity index (χ0n) is 22.8. The summed E-state index contributed by atoms with van der Waals surface area (Å²) in [6, 6.07) is 0. The highest BCUT2D eigenvalue weighted by Gasteiger charge is 2.81. The Labute approximate surface area is 207 Å². The van der Waals surface area contributed by atoms with Gasteiger partial charge in [0.05, 0.1) is 35.9 Å². The maximum atomic E-state index is 11.9. The highest BCUT2D eigenvalue weighted by molar-refractivity contribution is 5.29. The van der Waals surface area contributed by atoms with Crippen molar-refractivity contribution in [3.05, 3.63) is 0 Å². The Morgan fingerprint density at radius 1 is 0.647 bits per heavy atom. The van der Waals surface area contributed by atoms with Gasteiger partial charge < -0.3 is 20.1 Å². The predicted molar refractivity (Wildman–Crippen MR) is 133 cm³/mol. The molecule has 2 bridgehead atoms. The van der Waals surface area contributed by atoms with Gasteiger partial charge in [0.1, 0.15) is 0 Å². The Balaban J connectivity index is 1.46. The van der Waals surface area contributed by atoms with Crippen molar-refractivity contribution < 1.29 is 20.1 Å². The Morgan fingerprint density at radius 2 is 1.29 bits per heavy atom. The number of aliphatic hydroxyl groups excluding tert-OH is 3. The van der Waals surface area contributed by atoms with Crippen LogP contribution in [0.2, 0.25) is 0 Å². The van der Waals surface area contributed by atoms with E-state index in [-0.39, 0.29) is 44.7 Å². The van der Waals surface area contributed by atoms with Crippen molar-refractivity contribution in [3.63, 3.8) is 0 Å². The van der Waals surface area contributed by atoms with Crippen LogP contribution in [0.25, 0.3) is 0 Å². The van der Waals surface area contributed by atoms with E-state index in [9.17, 15) is 15.3 Å². The third kappa shape index (κ3) is 2.42. The molecule has 4 nitrogen and oxygen atoms in total. The molecule has 5 aliphatic carbocycles. The smallest absolute Gasteiger partial charge is 0.0778 e. The van der Waals surface area contributed by atoms with Crippen molar-refractivity contribution in [2.75, 3.05) is 6.61 Å². The minimum Gasteiger partial charge on any atom is -0.393 e. The number of hydrogen-bond donors (Lipinski definition) is 3. The Morgan fingerprint density at radius 3 is 2.00 bits per heavy atom. The van der Waals surface area contributed by atoms with Crippen LogP contribution in [0.5, 0.6) is 0 Å². The zero-order chi connectivity index (χ0) is 24.7. The van der Waals surface area contributed by atoms with E-state index in [2.05, 4.69) is 48.5 Å². The second-order valence-electron chi connectivity index (χ2n) is 16.0. The van der Waals surface area contributed by atoms with Gasteiger partial charge in [-0.25, -0.2) is 0 Å². The molecule has 1 saturated heterocycles. The lowest BCUT2D eigenvalue weighted by atomic mass is 9.30. The highest BCUT2D eigenvalue weighted by atomic mass is 16.5. The molecule has 3 N–H and O–H groups in total. The molecule has 4 heteroatoms. The van der Waals surface area contributed by atoms with Gasteiger partial charge in [-0.05, 0) is 91.3 Å². The monoisotopic (exact) mass is 474 g/mol. The van der Waals surface area contributed by atoms with Gasteiger partial charge in [-0.15, -0.1) is 0 Å². The second-order valence-corrected chi connectivity index (χ2v) is 16.0. The van der Waals surface area contributed by atoms with Gasteiger partial charge >= 0.3 is 0 Å². The summed E-state index contributed by atoms with van der Waals surface area (Å²) in [6.07, 6.45) is 7.88. The zero-order valence-corrected chi connectivity index (χ0v) is 22.8. The van der Waals surface area contributed by atoms with Crippen molar-refractivity contribution in [1.82, 2.24) is 0 Å². The summed E-state index contributed by atoms with van der Waals surface area (Å²) < 4.78 is 7.02. The molecule has 0 aromatic heterocycles. The molecule has 6 fully saturated rings. The maximum Gasteiger partial charge on any atom is 0.0778 e. The first-order valence-corrected chi connectivity index (χ1v) is 14.3. The fourth-order valence-corrected chi connectivity index (χ4v) is 12.2. The van der Waals surface area contributed by atoms with Crippen LogP contribution in [0.3, 0.4) is 0 Å². The van der Waals surface area contributed by atoms with Gasteiger partial charge in [-0.2, -0.15) is 0 Å². The minimum atomic E-state index is -0.505. The van der Waals surface area contributed by atoms with E-state index < -0.39 is 17.6 Å². The lowest BCUT2D eigenvalue weighted by molar-refractivity contribution is -0.304. The van der Waals surface area contributed by atoms with Gasteiger partial charge in [-0.1, -0.05) is 48.5 Å². The molecule has 194 valence electrons. The molecule has 6 aliphatic rings. The fraction of sp³-hybridized carbons (Fsp3) is 1.00. The maximum absolute atomic E-state index is 11.9. The third-order valence-corrected chi connectivity index (χ3v) is 14.2. The molecule has 0 aromatic rings. The van der Waals surface area contributed by atoms with Crippen molar-refractivity contribution in [3.8, 4) is 0 Å². The van der Waals surface area contributed by atoms with Crippen LogP contribution in [-0.4, -0.2) is 45.8 Å². The quantitative estimate of drug-likeness (QED) is 0.444. The van der Waals surface area contributed by atoms with Crippen LogP contribution >= 0.6 is 0 Å². The average molecular weight is 475 g/mol. The summed E-state index contributed by atoms with van der Waals surface area (Å²) in [6.45, 7) is 17.3. The van der Waals surface area contributed by atoms with Crippen molar-refractivity contribution in [2.24, 2.45) is 50.2 Å². The topological polar surface area (TPSA) is 69.9 Å². The molecule has 0 radical (unpaired) electrons. The SMILES string of the molecule is CC1(C)CC(O)C23COC4(CCC5C6(C)CCC(O)C(C)(C)C6CCC5(C)C4(C)CC2O)C3C1. The van der Waals surface area contributed by atoms with Gasteiger partial charge in [0.15, 0.2) is 0 Å². The minimum absolute atomic E-state index is 0.0486. The van der Waals surface area contributed by atoms with Crippen molar-refractivity contribution in [2.45, 2.75) is 130 Å². The molecule has 6 rings (SSSR count). The number of hydrogen-bond acceptors (Lipinski definition) is 4. The number of aliphatic hydroxyl groups is 3. The van der Waals surface area contributed by atoms with Gasteiger partial charge in [0, 0.05) is 11.3 Å². The third-order valence-electron chi connectivity index (χ3n) is 14.2. The molecule has 0 amide bonds. The van der Waals surface area contributed by atoms with Crippen LogP contribution in [0.1, 0.15) is 106 Å². The summed E-state index contributed by atoms with van der Waals surface area (Å²) >= 11 is 0. The van der Waals surface area contributed by atoms with E-state index in [0.717, 1.165) is 51.4 Å². The normalized spacial score (nSPS) is 61.6. The standard InChI is InChI=1S/C30H50O4/c1-24(2)14-20-29(22(32)15-24)17-34-30(20)13-9-19-26(5)11-10-21(31)25(3,4)18(26)8-12-27(19,6)28(30,7)16-23(29)33/h18-23,31-33H,8-17H2,1-7H3. The van der Waals surface area contributed by atoms with E-state index >= 15 is 0 Å². The van der Waals surface area contributed by atoms with Gasteiger partial charge in [0.25, 0.3) is 0 Å². The molecular formula is C30H50O4. The Hall–Kier alpha value is -0.160. The highest BCUT2D eigenvalue weighted by Crippen LogP contribution is 2.80. The lowest BCUT2D eigenvalue weighted by Crippen LogP contribution is -2.75. The molecule has 11 atom stereocenters. The van der Waals surface area contributed by atoms with Crippen LogP contribution < -0.4 is 0 Å². The van der Waals surface area contributed by atoms with E-state index in [1.165, 1.54) is 6.42 Å². The van der Waals surface area contributed by atoms with E-state index in [4.69, 9.17) is 4.74 Å². The van der Waals surface area contributed by atoms with Crippen LogP contribution in [-0.2, 0) is 4.74 Å². The largest absolute Gasteiger partial charge is 0.393 e. The number of ether oxygens (including phenoxy) is 1. The lowest BCUT2D eigenvalue weighted by Gasteiger charge is -2.75. The summed E-state index contributed by atoms with van der Waals surface area (Å²) in [5.41, 5.74) is -0.541. The first kappa shape index (κ1) is 24.2. The van der Waals surface area contributed by atoms with Crippen LogP contribution in [0.4, 0.5) is 0 Å². The van der Waals surface area contributed by atoms with Crippen molar-refractivity contribution in [1.29, 1.82) is 0 Å². The summed E-state index contributed by atoms with van der Waals surface area (Å²) in [7, 11) is 0. The molecule has 1 heterocycles. The molecule has 34 heavy (non-hydrogen) atoms. The van der Waals surface area contributed by atoms with E-state index in [0.29, 0.717) is 18.4 Å². The Bertz CT molecular complexity index is 883. The number of rotatable bonds is 0. The first-order chi connectivity index (χ1) is 15.6. The molecule has 5 saturated carbocycles. The average Bonchev–Trinajstić information content (AvgIpc) is 2.99. The molecular weight excluding hydrogens is 424 g/mol. The van der Waals surface area contributed by atoms with E-state index in [1.807, 2.05) is 0 Å². The van der Waals surface area contributed by atoms with Crippen LogP contribution in [0.15, 0.2) is 0 Å². The van der Waals surface area contributed by atoms with E-state index in [1.54, 1.807) is 0 Å². The summed E-state index contributed by atoms with van der Waals surface area (Å²) in [4.78, 5) is 0. The van der Waals surface area contributed by atoms with Gasteiger partial charge in [0.2, 0.25) is 0 Å². The summed E-state index contributed by atoms with van der Waals surface area (Å²) in [5, 5.41) is 34.3. The van der Waals surface area contributed by atoms with Crippen LogP contribution in [0, 0.1) is 50.2 Å². The molecule has 0 aromatic carbocycles. The second kappa shape index (κ2) is 6.63. The van der Waals surface area contributed by atoms with Crippen molar-refractivity contribution >= 4 is 0 Å². The van der Waals surface area contributed by atoms with Gasteiger partial charge in [-0.3, -0.25) is 0 Å². The molecule has 1 aliphatic heterocycles. The number of fused-ring (bicyclic) bond motifs is 4.